The van der Waals surface area contributed by atoms with Gasteiger partial charge in [0.1, 0.15) is 11.4 Å². The number of aryl methyl sites for hydroxylation is 1. The van der Waals surface area contributed by atoms with E-state index >= 15 is 0 Å². The van der Waals surface area contributed by atoms with Gasteiger partial charge in [-0.1, -0.05) is 6.07 Å². The lowest BCUT2D eigenvalue weighted by Gasteiger charge is -2.31. The summed E-state index contributed by atoms with van der Waals surface area (Å²) in [6.45, 7) is 5.90. The van der Waals surface area contributed by atoms with Crippen molar-refractivity contribution in [2.45, 2.75) is 32.9 Å². The number of fused-ring (bicyclic) bond motifs is 1. The molecule has 2 aromatic rings. The number of nitrogens with one attached hydrogen (secondary N) is 1. The van der Waals surface area contributed by atoms with Crippen LogP contribution in [0.5, 0.6) is 0 Å². The summed E-state index contributed by atoms with van der Waals surface area (Å²) in [6.07, 6.45) is 0. The third-order valence-electron chi connectivity index (χ3n) is 3.56. The molecule has 5 heteroatoms. The van der Waals surface area contributed by atoms with Crippen molar-refractivity contribution in [3.63, 3.8) is 0 Å². The molecule has 1 aromatic heterocycles. The zero-order chi connectivity index (χ0) is 14.2. The summed E-state index contributed by atoms with van der Waals surface area (Å²) in [5, 5.41) is 9.21. The number of aromatic nitrogens is 2. The molecule has 0 saturated heterocycles. The SMILES string of the molecule is Cc1nc2ccc(CN(C)C(C)(C)C(=O)O)cc2[nH]1. The van der Waals surface area contributed by atoms with Crippen LogP contribution in [0.25, 0.3) is 11.0 Å². The molecule has 0 amide bonds. The van der Waals surface area contributed by atoms with Crippen molar-refractivity contribution in [2.24, 2.45) is 0 Å². The van der Waals surface area contributed by atoms with Crippen LogP contribution in [0.4, 0.5) is 0 Å². The number of nitrogens with zero attached hydrogens (tertiary/aromatic N) is 2. The number of benzene rings is 1. The van der Waals surface area contributed by atoms with Crippen LogP contribution in [0.3, 0.4) is 0 Å². The number of aromatic amines is 1. The van der Waals surface area contributed by atoms with Gasteiger partial charge >= 0.3 is 5.97 Å². The Morgan fingerprint density at radius 3 is 2.79 bits per heavy atom. The lowest BCUT2D eigenvalue weighted by Crippen LogP contribution is -2.47. The molecule has 5 nitrogen and oxygen atoms in total. The first kappa shape index (κ1) is 13.5. The van der Waals surface area contributed by atoms with Gasteiger partial charge in [-0.3, -0.25) is 9.69 Å². The van der Waals surface area contributed by atoms with E-state index in [4.69, 9.17) is 0 Å². The van der Waals surface area contributed by atoms with Gasteiger partial charge in [-0.2, -0.15) is 0 Å². The third kappa shape index (κ3) is 2.61. The van der Waals surface area contributed by atoms with Crippen LogP contribution < -0.4 is 0 Å². The van der Waals surface area contributed by atoms with Crippen LogP contribution in [0.1, 0.15) is 25.2 Å². The number of H-pyrrole nitrogens is 1. The summed E-state index contributed by atoms with van der Waals surface area (Å²) in [5.41, 5.74) is 2.09. The first-order valence-corrected chi connectivity index (χ1v) is 6.20. The highest BCUT2D eigenvalue weighted by Gasteiger charge is 2.31. The van der Waals surface area contributed by atoms with Gasteiger partial charge < -0.3 is 10.1 Å². The fourth-order valence-electron chi connectivity index (χ4n) is 1.92. The van der Waals surface area contributed by atoms with Crippen molar-refractivity contribution in [2.75, 3.05) is 7.05 Å². The summed E-state index contributed by atoms with van der Waals surface area (Å²) in [4.78, 5) is 20.6. The zero-order valence-electron chi connectivity index (χ0n) is 11.7. The topological polar surface area (TPSA) is 69.2 Å². The van der Waals surface area contributed by atoms with E-state index in [9.17, 15) is 9.90 Å². The highest BCUT2D eigenvalue weighted by Crippen LogP contribution is 2.19. The van der Waals surface area contributed by atoms with Crippen molar-refractivity contribution in [3.05, 3.63) is 29.6 Å². The van der Waals surface area contributed by atoms with E-state index in [1.54, 1.807) is 13.8 Å². The molecule has 19 heavy (non-hydrogen) atoms. The van der Waals surface area contributed by atoms with Crippen molar-refractivity contribution in [3.8, 4) is 0 Å². The van der Waals surface area contributed by atoms with E-state index in [2.05, 4.69) is 9.97 Å². The standard InChI is InChI=1S/C14H19N3O2/c1-9-15-11-6-5-10(7-12(11)16-9)8-17(4)14(2,3)13(18)19/h5-7H,8H2,1-4H3,(H,15,16)(H,18,19). The number of likely N-dealkylation sites (N-methyl/N-ethyl adjacent to an activating group) is 1. The number of imidazole rings is 1. The molecule has 0 bridgehead atoms. The number of carbonyl (C=O) groups is 1. The number of rotatable bonds is 4. The molecule has 0 spiro atoms. The Kier molecular flexibility index (Phi) is 3.32. The first-order chi connectivity index (χ1) is 8.80. The molecule has 0 atom stereocenters. The maximum atomic E-state index is 11.2. The van der Waals surface area contributed by atoms with Crippen LogP contribution in [0, 0.1) is 6.92 Å². The average molecular weight is 261 g/mol. The minimum atomic E-state index is -0.890. The van der Waals surface area contributed by atoms with Gasteiger partial charge in [-0.15, -0.1) is 0 Å². The molecular weight excluding hydrogens is 242 g/mol. The predicted octanol–water partition coefficient (Wildman–Crippen LogP) is 2.17. The number of aliphatic carboxylic acids is 1. The zero-order valence-corrected chi connectivity index (χ0v) is 11.7. The molecule has 0 unspecified atom stereocenters. The van der Waals surface area contributed by atoms with E-state index in [0.29, 0.717) is 6.54 Å². The Bertz CT molecular complexity index is 616. The fourth-order valence-corrected chi connectivity index (χ4v) is 1.92. The van der Waals surface area contributed by atoms with Crippen LogP contribution in [0.15, 0.2) is 18.2 Å². The second-order valence-corrected chi connectivity index (χ2v) is 5.39. The lowest BCUT2D eigenvalue weighted by atomic mass is 10.0. The number of carboxylic acids is 1. The molecule has 0 aliphatic heterocycles. The van der Waals surface area contributed by atoms with Crippen molar-refractivity contribution in [1.29, 1.82) is 0 Å². The highest BCUT2D eigenvalue weighted by atomic mass is 16.4. The van der Waals surface area contributed by atoms with Crippen molar-refractivity contribution < 1.29 is 9.90 Å². The Balaban J connectivity index is 2.23. The molecule has 2 N–H and O–H groups in total. The quantitative estimate of drug-likeness (QED) is 0.885. The second-order valence-electron chi connectivity index (χ2n) is 5.39. The minimum absolute atomic E-state index is 0.577. The van der Waals surface area contributed by atoms with E-state index in [0.717, 1.165) is 22.4 Å². The molecule has 2 rings (SSSR count). The van der Waals surface area contributed by atoms with Gasteiger partial charge in [0.25, 0.3) is 0 Å². The monoisotopic (exact) mass is 261 g/mol. The maximum Gasteiger partial charge on any atom is 0.323 e. The lowest BCUT2D eigenvalue weighted by molar-refractivity contribution is -0.148. The van der Waals surface area contributed by atoms with Crippen LogP contribution >= 0.6 is 0 Å². The predicted molar refractivity (Wildman–Crippen MR) is 74.0 cm³/mol. The van der Waals surface area contributed by atoms with E-state index in [-0.39, 0.29) is 0 Å². The smallest absolute Gasteiger partial charge is 0.323 e. The minimum Gasteiger partial charge on any atom is -0.480 e. The molecule has 1 heterocycles. The molecular formula is C14H19N3O2. The Morgan fingerprint density at radius 2 is 2.16 bits per heavy atom. The Hall–Kier alpha value is -1.88. The van der Waals surface area contributed by atoms with E-state index < -0.39 is 11.5 Å². The summed E-state index contributed by atoms with van der Waals surface area (Å²) in [7, 11) is 1.82. The van der Waals surface area contributed by atoms with Crippen LogP contribution in [0.2, 0.25) is 0 Å². The summed E-state index contributed by atoms with van der Waals surface area (Å²) in [6, 6.07) is 5.95. The largest absolute Gasteiger partial charge is 0.480 e. The first-order valence-electron chi connectivity index (χ1n) is 6.20. The number of carboxylic acid groups (broad SMARTS) is 1. The van der Waals surface area contributed by atoms with E-state index in [1.807, 2.05) is 37.1 Å². The normalized spacial score (nSPS) is 12.3. The summed E-state index contributed by atoms with van der Waals surface area (Å²) >= 11 is 0. The van der Waals surface area contributed by atoms with Crippen molar-refractivity contribution >= 4 is 17.0 Å². The van der Waals surface area contributed by atoms with Crippen LogP contribution in [-0.4, -0.2) is 38.5 Å². The third-order valence-corrected chi connectivity index (χ3v) is 3.56. The maximum absolute atomic E-state index is 11.2. The van der Waals surface area contributed by atoms with Gasteiger partial charge in [-0.05, 0) is 45.5 Å². The Labute approximate surface area is 112 Å². The van der Waals surface area contributed by atoms with Gasteiger partial charge in [-0.25, -0.2) is 4.98 Å². The number of hydrogen-bond donors (Lipinski definition) is 2. The molecule has 0 radical (unpaired) electrons. The molecule has 0 saturated carbocycles. The average Bonchev–Trinajstić information content (AvgIpc) is 2.68. The Morgan fingerprint density at radius 1 is 1.47 bits per heavy atom. The number of hydrogen-bond acceptors (Lipinski definition) is 3. The second kappa shape index (κ2) is 4.66. The van der Waals surface area contributed by atoms with Gasteiger partial charge in [0.2, 0.25) is 0 Å². The van der Waals surface area contributed by atoms with Gasteiger partial charge in [0, 0.05) is 6.54 Å². The molecule has 1 aromatic carbocycles. The van der Waals surface area contributed by atoms with Gasteiger partial charge in [0.05, 0.1) is 11.0 Å². The molecule has 0 aliphatic rings. The summed E-state index contributed by atoms with van der Waals surface area (Å²) < 4.78 is 0. The molecule has 0 fully saturated rings. The van der Waals surface area contributed by atoms with E-state index in [1.165, 1.54) is 0 Å². The van der Waals surface area contributed by atoms with Crippen LogP contribution in [-0.2, 0) is 11.3 Å². The van der Waals surface area contributed by atoms with Gasteiger partial charge in [0.15, 0.2) is 0 Å². The van der Waals surface area contributed by atoms with Crippen molar-refractivity contribution in [1.82, 2.24) is 14.9 Å². The molecule has 0 aliphatic carbocycles. The fraction of sp³-hybridized carbons (Fsp3) is 0.429. The summed E-state index contributed by atoms with van der Waals surface area (Å²) in [5.74, 6) is 0.0554. The highest BCUT2D eigenvalue weighted by molar-refractivity contribution is 5.78. The molecule has 102 valence electrons.